The molecule has 27 heavy (non-hydrogen) atoms. The molecule has 1 aromatic rings. The number of aromatic amines is 1. The predicted octanol–water partition coefficient (Wildman–Crippen LogP) is 2.17. The van der Waals surface area contributed by atoms with Gasteiger partial charge in [0.15, 0.2) is 0 Å². The number of unbranched alkanes of at least 4 members (excludes halogenated alkanes) is 7. The van der Waals surface area contributed by atoms with Crippen molar-refractivity contribution in [3.05, 3.63) is 18.2 Å². The minimum Gasteiger partial charge on any atom is -0.480 e. The minimum atomic E-state index is -1.14. The van der Waals surface area contributed by atoms with Gasteiger partial charge >= 0.3 is 5.97 Å². The van der Waals surface area contributed by atoms with Gasteiger partial charge in [-0.05, 0) is 6.42 Å². The summed E-state index contributed by atoms with van der Waals surface area (Å²) in [7, 11) is 0. The van der Waals surface area contributed by atoms with Crippen LogP contribution in [-0.4, -0.2) is 45.4 Å². The lowest BCUT2D eigenvalue weighted by Crippen LogP contribution is -2.46. The largest absolute Gasteiger partial charge is 0.480 e. The van der Waals surface area contributed by atoms with E-state index in [1.807, 2.05) is 0 Å². The summed E-state index contributed by atoms with van der Waals surface area (Å²) in [4.78, 5) is 41.5. The molecule has 0 radical (unpaired) electrons. The van der Waals surface area contributed by atoms with E-state index < -0.39 is 17.9 Å². The Bertz CT molecular complexity index is 560. The van der Waals surface area contributed by atoms with E-state index >= 15 is 0 Å². The molecule has 0 saturated heterocycles. The highest BCUT2D eigenvalue weighted by Crippen LogP contribution is 2.09. The van der Waals surface area contributed by atoms with Crippen LogP contribution in [0.3, 0.4) is 0 Å². The third-order valence-electron chi connectivity index (χ3n) is 4.32. The molecule has 0 bridgehead atoms. The smallest absolute Gasteiger partial charge is 0.326 e. The van der Waals surface area contributed by atoms with Crippen molar-refractivity contribution in [2.45, 2.75) is 77.2 Å². The molecule has 0 aliphatic carbocycles. The first-order valence-electron chi connectivity index (χ1n) is 9.79. The molecule has 0 aromatic carbocycles. The second-order valence-electron chi connectivity index (χ2n) is 6.74. The average Bonchev–Trinajstić information content (AvgIpc) is 3.14. The van der Waals surface area contributed by atoms with Crippen LogP contribution in [0.25, 0.3) is 0 Å². The number of nitrogens with one attached hydrogen (secondary N) is 3. The molecular weight excluding hydrogens is 348 g/mol. The Hall–Kier alpha value is -2.38. The van der Waals surface area contributed by atoms with Crippen LogP contribution in [0.4, 0.5) is 0 Å². The molecule has 4 N–H and O–H groups in total. The van der Waals surface area contributed by atoms with Crippen molar-refractivity contribution in [3.8, 4) is 0 Å². The van der Waals surface area contributed by atoms with E-state index in [9.17, 15) is 19.5 Å². The number of rotatable bonds is 15. The van der Waals surface area contributed by atoms with Crippen LogP contribution in [0.2, 0.25) is 0 Å². The number of aromatic nitrogens is 2. The van der Waals surface area contributed by atoms with Crippen molar-refractivity contribution in [2.75, 3.05) is 6.54 Å². The Labute approximate surface area is 160 Å². The van der Waals surface area contributed by atoms with E-state index in [2.05, 4.69) is 27.5 Å². The molecule has 0 saturated carbocycles. The number of hydrogen-bond acceptors (Lipinski definition) is 4. The van der Waals surface area contributed by atoms with E-state index in [0.29, 0.717) is 12.1 Å². The molecule has 1 atom stereocenters. The number of nitrogens with zero attached hydrogens (tertiary/aromatic N) is 1. The first kappa shape index (κ1) is 22.7. The summed E-state index contributed by atoms with van der Waals surface area (Å²) in [6, 6.07) is -1.07. The van der Waals surface area contributed by atoms with E-state index in [4.69, 9.17) is 0 Å². The summed E-state index contributed by atoms with van der Waals surface area (Å²) >= 11 is 0. The molecule has 152 valence electrons. The van der Waals surface area contributed by atoms with Crippen LogP contribution in [-0.2, 0) is 20.8 Å². The highest BCUT2D eigenvalue weighted by atomic mass is 16.4. The molecule has 0 fully saturated rings. The van der Waals surface area contributed by atoms with Crippen LogP contribution in [0.5, 0.6) is 0 Å². The first-order valence-corrected chi connectivity index (χ1v) is 9.79. The summed E-state index contributed by atoms with van der Waals surface area (Å²) in [6.45, 7) is 1.97. The lowest BCUT2D eigenvalue weighted by Gasteiger charge is -2.14. The van der Waals surface area contributed by atoms with E-state index in [1.54, 1.807) is 0 Å². The second kappa shape index (κ2) is 13.8. The summed E-state index contributed by atoms with van der Waals surface area (Å²) in [6.07, 6.45) is 12.7. The van der Waals surface area contributed by atoms with Gasteiger partial charge in [0.1, 0.15) is 6.04 Å². The molecule has 2 amide bonds. The summed E-state index contributed by atoms with van der Waals surface area (Å²) in [5, 5.41) is 14.1. The molecule has 8 heteroatoms. The zero-order valence-corrected chi connectivity index (χ0v) is 16.1. The van der Waals surface area contributed by atoms with Gasteiger partial charge in [-0.3, -0.25) is 9.59 Å². The highest BCUT2D eigenvalue weighted by molar-refractivity contribution is 5.87. The second-order valence-corrected chi connectivity index (χ2v) is 6.74. The van der Waals surface area contributed by atoms with Crippen LogP contribution >= 0.6 is 0 Å². The van der Waals surface area contributed by atoms with Crippen LogP contribution in [0.1, 0.15) is 70.4 Å². The standard InChI is InChI=1S/C19H32N4O4/c1-2-3-4-5-6-7-8-9-10-17(24)21-13-18(25)23-16(19(26)27)11-15-12-20-14-22-15/h12,14,16H,2-11,13H2,1H3,(H,20,22)(H,21,24)(H,23,25)(H,26,27)/t16-/m0/s1. The van der Waals surface area contributed by atoms with E-state index in [0.717, 1.165) is 19.3 Å². The van der Waals surface area contributed by atoms with Gasteiger partial charge < -0.3 is 20.7 Å². The van der Waals surface area contributed by atoms with E-state index in [-0.39, 0.29) is 18.9 Å². The summed E-state index contributed by atoms with van der Waals surface area (Å²) in [5.74, 6) is -1.84. The summed E-state index contributed by atoms with van der Waals surface area (Å²) < 4.78 is 0. The Morgan fingerprint density at radius 2 is 1.74 bits per heavy atom. The fourth-order valence-corrected chi connectivity index (χ4v) is 2.75. The molecule has 1 rings (SSSR count). The van der Waals surface area contributed by atoms with Gasteiger partial charge in [-0.1, -0.05) is 51.9 Å². The molecule has 0 unspecified atom stereocenters. The van der Waals surface area contributed by atoms with Crippen molar-refractivity contribution in [1.29, 1.82) is 0 Å². The molecular formula is C19H32N4O4. The third-order valence-corrected chi connectivity index (χ3v) is 4.32. The van der Waals surface area contributed by atoms with Crippen molar-refractivity contribution in [3.63, 3.8) is 0 Å². The number of H-pyrrole nitrogens is 1. The van der Waals surface area contributed by atoms with Crippen LogP contribution in [0, 0.1) is 0 Å². The molecule has 0 aliphatic heterocycles. The quantitative estimate of drug-likeness (QED) is 0.347. The molecule has 1 heterocycles. The molecule has 0 aliphatic rings. The van der Waals surface area contributed by atoms with E-state index in [1.165, 1.54) is 44.6 Å². The topological polar surface area (TPSA) is 124 Å². The lowest BCUT2D eigenvalue weighted by atomic mass is 10.1. The maximum absolute atomic E-state index is 11.9. The van der Waals surface area contributed by atoms with Crippen molar-refractivity contribution in [1.82, 2.24) is 20.6 Å². The number of carbonyl (C=O) groups excluding carboxylic acids is 2. The van der Waals surface area contributed by atoms with Gasteiger partial charge in [0.2, 0.25) is 11.8 Å². The average molecular weight is 380 g/mol. The fourth-order valence-electron chi connectivity index (χ4n) is 2.75. The number of carbonyl (C=O) groups is 3. The lowest BCUT2D eigenvalue weighted by molar-refractivity contribution is -0.141. The van der Waals surface area contributed by atoms with Gasteiger partial charge in [-0.15, -0.1) is 0 Å². The van der Waals surface area contributed by atoms with Gasteiger partial charge in [0.25, 0.3) is 0 Å². The number of carboxylic acid groups (broad SMARTS) is 1. The SMILES string of the molecule is CCCCCCCCCCC(=O)NCC(=O)N[C@@H](Cc1cnc[nH]1)C(=O)O. The molecule has 1 aromatic heterocycles. The Morgan fingerprint density at radius 1 is 1.07 bits per heavy atom. The van der Waals surface area contributed by atoms with Gasteiger partial charge in [-0.2, -0.15) is 0 Å². The van der Waals surface area contributed by atoms with Crippen LogP contribution < -0.4 is 10.6 Å². The number of aliphatic carboxylic acids is 1. The number of imidazole rings is 1. The van der Waals surface area contributed by atoms with Crippen molar-refractivity contribution >= 4 is 17.8 Å². The third kappa shape index (κ3) is 11.0. The zero-order chi connectivity index (χ0) is 19.9. The first-order chi connectivity index (χ1) is 13.0. The summed E-state index contributed by atoms with van der Waals surface area (Å²) in [5.41, 5.74) is 0.612. The van der Waals surface area contributed by atoms with Gasteiger partial charge in [-0.25, -0.2) is 9.78 Å². The number of carboxylic acids is 1. The van der Waals surface area contributed by atoms with Gasteiger partial charge in [0, 0.05) is 24.7 Å². The highest BCUT2D eigenvalue weighted by Gasteiger charge is 2.21. The maximum atomic E-state index is 11.9. The zero-order valence-electron chi connectivity index (χ0n) is 16.1. The van der Waals surface area contributed by atoms with Crippen LogP contribution in [0.15, 0.2) is 12.5 Å². The molecule has 8 nitrogen and oxygen atoms in total. The van der Waals surface area contributed by atoms with Crippen molar-refractivity contribution in [2.24, 2.45) is 0 Å². The Balaban J connectivity index is 2.13. The Morgan fingerprint density at radius 3 is 2.33 bits per heavy atom. The van der Waals surface area contributed by atoms with Gasteiger partial charge in [0.05, 0.1) is 12.9 Å². The minimum absolute atomic E-state index is 0.104. The predicted molar refractivity (Wildman–Crippen MR) is 102 cm³/mol. The van der Waals surface area contributed by atoms with Crippen molar-refractivity contribution < 1.29 is 19.5 Å². The normalized spacial score (nSPS) is 11.7. The number of amides is 2. The Kier molecular flexibility index (Phi) is 11.6. The monoisotopic (exact) mass is 380 g/mol. The fraction of sp³-hybridized carbons (Fsp3) is 0.684. The number of hydrogen-bond donors (Lipinski definition) is 4. The molecule has 0 spiro atoms. The maximum Gasteiger partial charge on any atom is 0.326 e.